The number of anilines is 1. The maximum absolute atomic E-state index is 12.4. The summed E-state index contributed by atoms with van der Waals surface area (Å²) >= 11 is 0. The lowest BCUT2D eigenvalue weighted by Crippen LogP contribution is -2.26. The molecule has 2 N–H and O–H groups in total. The predicted octanol–water partition coefficient (Wildman–Crippen LogP) is 3.30. The van der Waals surface area contributed by atoms with Crippen LogP contribution in [0.3, 0.4) is 0 Å². The molecule has 0 radical (unpaired) electrons. The summed E-state index contributed by atoms with van der Waals surface area (Å²) in [6.07, 6.45) is 1.05. The van der Waals surface area contributed by atoms with E-state index in [1.807, 2.05) is 42.5 Å². The molecule has 0 bridgehead atoms. The highest BCUT2D eigenvalue weighted by Crippen LogP contribution is 2.25. The Morgan fingerprint density at radius 2 is 1.80 bits per heavy atom. The van der Waals surface area contributed by atoms with E-state index < -0.39 is 0 Å². The van der Waals surface area contributed by atoms with Gasteiger partial charge in [0.25, 0.3) is 0 Å². The summed E-state index contributed by atoms with van der Waals surface area (Å²) in [6, 6.07) is 13.2. The highest BCUT2D eigenvalue weighted by Gasteiger charge is 2.13. The van der Waals surface area contributed by atoms with E-state index in [4.69, 9.17) is 15.2 Å². The SMILES string of the molecule is COc1ccc(CN(C)C(=O)CCc2ccccc2N)c(OC)c1.Cl. The molecular weight excluding hydrogens is 340 g/mol. The fourth-order valence-electron chi connectivity index (χ4n) is 2.52. The van der Waals surface area contributed by atoms with Gasteiger partial charge in [-0.15, -0.1) is 12.4 Å². The first-order valence-electron chi connectivity index (χ1n) is 7.83. The smallest absolute Gasteiger partial charge is 0.222 e. The molecule has 0 unspecified atom stereocenters. The van der Waals surface area contributed by atoms with Crippen molar-refractivity contribution >= 4 is 24.0 Å². The van der Waals surface area contributed by atoms with Crippen LogP contribution < -0.4 is 15.2 Å². The molecule has 0 aliphatic heterocycles. The minimum absolute atomic E-state index is 0. The van der Waals surface area contributed by atoms with Gasteiger partial charge in [0.2, 0.25) is 5.91 Å². The Morgan fingerprint density at radius 1 is 1.08 bits per heavy atom. The normalized spacial score (nSPS) is 9.88. The molecule has 2 aromatic rings. The third-order valence-corrected chi connectivity index (χ3v) is 3.99. The van der Waals surface area contributed by atoms with Crippen molar-refractivity contribution in [3.8, 4) is 11.5 Å². The molecule has 0 aliphatic carbocycles. The molecule has 0 aromatic heterocycles. The van der Waals surface area contributed by atoms with Crippen molar-refractivity contribution in [3.05, 3.63) is 53.6 Å². The first-order valence-corrected chi connectivity index (χ1v) is 7.83. The van der Waals surface area contributed by atoms with E-state index in [1.165, 1.54) is 0 Å². The monoisotopic (exact) mass is 364 g/mol. The summed E-state index contributed by atoms with van der Waals surface area (Å²) in [7, 11) is 5.01. The number of carbonyl (C=O) groups is 1. The Morgan fingerprint density at radius 3 is 2.44 bits per heavy atom. The number of methoxy groups -OCH3 is 2. The van der Waals surface area contributed by atoms with Crippen LogP contribution in [0.4, 0.5) is 5.69 Å². The Balaban J connectivity index is 0.00000312. The molecule has 6 heteroatoms. The van der Waals surface area contributed by atoms with Gasteiger partial charge in [0.05, 0.1) is 14.2 Å². The van der Waals surface area contributed by atoms with Gasteiger partial charge in [-0.05, 0) is 30.2 Å². The Kier molecular flexibility index (Phi) is 8.08. The number of para-hydroxylation sites is 1. The second-order valence-corrected chi connectivity index (χ2v) is 5.63. The Hall–Kier alpha value is -2.40. The zero-order valence-corrected chi connectivity index (χ0v) is 15.6. The largest absolute Gasteiger partial charge is 0.497 e. The van der Waals surface area contributed by atoms with Gasteiger partial charge < -0.3 is 20.1 Å². The van der Waals surface area contributed by atoms with Crippen LogP contribution in [0, 0.1) is 0 Å². The minimum atomic E-state index is 0. The summed E-state index contributed by atoms with van der Waals surface area (Å²) in [5.74, 6) is 1.50. The third-order valence-electron chi connectivity index (χ3n) is 3.99. The summed E-state index contributed by atoms with van der Waals surface area (Å²) in [5.41, 5.74) is 8.58. The van der Waals surface area contributed by atoms with Crippen LogP contribution in [0.2, 0.25) is 0 Å². The standard InChI is InChI=1S/C19H24N2O3.ClH/c1-21(13-15-8-10-16(23-2)12-18(15)24-3)19(22)11-9-14-6-4-5-7-17(14)20;/h4-8,10,12H,9,11,13,20H2,1-3H3;1H. The van der Waals surface area contributed by atoms with Crippen molar-refractivity contribution in [1.29, 1.82) is 0 Å². The molecule has 2 rings (SSSR count). The van der Waals surface area contributed by atoms with Crippen molar-refractivity contribution in [1.82, 2.24) is 4.90 Å². The quantitative estimate of drug-likeness (QED) is 0.765. The lowest BCUT2D eigenvalue weighted by Gasteiger charge is -2.19. The van der Waals surface area contributed by atoms with Gasteiger partial charge in [-0.2, -0.15) is 0 Å². The second kappa shape index (κ2) is 9.79. The number of benzene rings is 2. The number of nitrogen functional groups attached to an aromatic ring is 1. The van der Waals surface area contributed by atoms with Crippen LogP contribution in [-0.2, 0) is 17.8 Å². The van der Waals surface area contributed by atoms with Crippen LogP contribution in [-0.4, -0.2) is 32.1 Å². The van der Waals surface area contributed by atoms with Crippen molar-refractivity contribution in [3.63, 3.8) is 0 Å². The molecule has 2 aromatic carbocycles. The van der Waals surface area contributed by atoms with Crippen LogP contribution in [0.15, 0.2) is 42.5 Å². The first-order chi connectivity index (χ1) is 11.5. The summed E-state index contributed by atoms with van der Waals surface area (Å²) in [4.78, 5) is 14.1. The molecule has 0 aliphatic rings. The van der Waals surface area contributed by atoms with E-state index in [1.54, 1.807) is 26.2 Å². The highest BCUT2D eigenvalue weighted by atomic mass is 35.5. The fraction of sp³-hybridized carbons (Fsp3) is 0.316. The van der Waals surface area contributed by atoms with Gasteiger partial charge in [0.15, 0.2) is 0 Å². The molecule has 0 saturated heterocycles. The molecule has 25 heavy (non-hydrogen) atoms. The Labute approximate surface area is 155 Å². The summed E-state index contributed by atoms with van der Waals surface area (Å²) in [6.45, 7) is 0.482. The molecule has 0 saturated carbocycles. The van der Waals surface area contributed by atoms with Gasteiger partial charge in [0.1, 0.15) is 11.5 Å². The first kappa shape index (κ1) is 20.6. The van der Waals surface area contributed by atoms with Gasteiger partial charge in [-0.25, -0.2) is 0 Å². The molecule has 136 valence electrons. The highest BCUT2D eigenvalue weighted by molar-refractivity contribution is 5.85. The van der Waals surface area contributed by atoms with Crippen LogP contribution in [0.25, 0.3) is 0 Å². The minimum Gasteiger partial charge on any atom is -0.497 e. The molecule has 0 heterocycles. The summed E-state index contributed by atoms with van der Waals surface area (Å²) < 4.78 is 10.6. The maximum Gasteiger partial charge on any atom is 0.222 e. The van der Waals surface area contributed by atoms with Gasteiger partial charge in [-0.1, -0.05) is 18.2 Å². The van der Waals surface area contributed by atoms with Crippen molar-refractivity contribution < 1.29 is 14.3 Å². The number of carbonyl (C=O) groups excluding carboxylic acids is 1. The van der Waals surface area contributed by atoms with Gasteiger partial charge in [0, 0.05) is 37.3 Å². The Bertz CT molecular complexity index is 707. The maximum atomic E-state index is 12.4. The number of hydrogen-bond donors (Lipinski definition) is 1. The fourth-order valence-corrected chi connectivity index (χ4v) is 2.52. The second-order valence-electron chi connectivity index (χ2n) is 5.63. The number of ether oxygens (including phenoxy) is 2. The molecule has 0 fully saturated rings. The van der Waals surface area contributed by atoms with E-state index in [0.717, 1.165) is 22.6 Å². The van der Waals surface area contributed by atoms with Crippen LogP contribution in [0.1, 0.15) is 17.5 Å². The number of nitrogens with zero attached hydrogens (tertiary/aromatic N) is 1. The average molecular weight is 365 g/mol. The average Bonchev–Trinajstić information content (AvgIpc) is 2.61. The zero-order valence-electron chi connectivity index (χ0n) is 14.8. The van der Waals surface area contributed by atoms with E-state index in [0.29, 0.717) is 25.1 Å². The van der Waals surface area contributed by atoms with Gasteiger partial charge in [-0.3, -0.25) is 4.79 Å². The number of amides is 1. The van der Waals surface area contributed by atoms with E-state index in [9.17, 15) is 4.79 Å². The predicted molar refractivity (Wildman–Crippen MR) is 102 cm³/mol. The molecule has 0 spiro atoms. The van der Waals surface area contributed by atoms with Crippen LogP contribution >= 0.6 is 12.4 Å². The molecule has 5 nitrogen and oxygen atoms in total. The number of halogens is 1. The number of hydrogen-bond acceptors (Lipinski definition) is 4. The van der Waals surface area contributed by atoms with E-state index >= 15 is 0 Å². The molecule has 1 amide bonds. The van der Waals surface area contributed by atoms with Crippen molar-refractivity contribution in [2.75, 3.05) is 27.0 Å². The number of aryl methyl sites for hydroxylation is 1. The molecule has 0 atom stereocenters. The molecular formula is C19H25ClN2O3. The van der Waals surface area contributed by atoms with E-state index in [2.05, 4.69) is 0 Å². The summed E-state index contributed by atoms with van der Waals surface area (Å²) in [5, 5.41) is 0. The zero-order chi connectivity index (χ0) is 17.5. The van der Waals surface area contributed by atoms with Crippen LogP contribution in [0.5, 0.6) is 11.5 Å². The number of nitrogens with two attached hydrogens (primary N) is 1. The third kappa shape index (κ3) is 5.57. The van der Waals surface area contributed by atoms with Gasteiger partial charge >= 0.3 is 0 Å². The number of rotatable bonds is 7. The van der Waals surface area contributed by atoms with Crippen molar-refractivity contribution in [2.45, 2.75) is 19.4 Å². The topological polar surface area (TPSA) is 64.8 Å². The lowest BCUT2D eigenvalue weighted by atomic mass is 10.1. The lowest BCUT2D eigenvalue weighted by molar-refractivity contribution is -0.130. The van der Waals surface area contributed by atoms with Crippen molar-refractivity contribution in [2.24, 2.45) is 0 Å². The van der Waals surface area contributed by atoms with E-state index in [-0.39, 0.29) is 18.3 Å².